The summed E-state index contributed by atoms with van der Waals surface area (Å²) < 4.78 is 5.23. The van der Waals surface area contributed by atoms with Crippen LogP contribution in [0.25, 0.3) is 11.1 Å². The van der Waals surface area contributed by atoms with Crippen LogP contribution in [-0.2, 0) is 11.3 Å². The minimum Gasteiger partial charge on any atom is -0.355 e. The molecule has 1 aliphatic rings. The molecule has 0 saturated carbocycles. The second-order valence-electron chi connectivity index (χ2n) is 6.51. The lowest BCUT2D eigenvalue weighted by Gasteiger charge is -2.33. The van der Waals surface area contributed by atoms with Crippen molar-refractivity contribution < 1.29 is 9.32 Å². The molecule has 0 aromatic carbocycles. The molecule has 4 heterocycles. The number of aromatic nitrogens is 4. The Labute approximate surface area is 150 Å². The van der Waals surface area contributed by atoms with Crippen molar-refractivity contribution in [3.05, 3.63) is 42.1 Å². The lowest BCUT2D eigenvalue weighted by Crippen LogP contribution is -2.43. The zero-order valence-electron chi connectivity index (χ0n) is 14.6. The third-order valence-electron chi connectivity index (χ3n) is 4.70. The Kier molecular flexibility index (Phi) is 4.47. The van der Waals surface area contributed by atoms with Crippen LogP contribution in [0.4, 0.5) is 5.82 Å². The maximum absolute atomic E-state index is 12.6. The Hall–Kier alpha value is -3.03. The van der Waals surface area contributed by atoms with Gasteiger partial charge in [0.05, 0.1) is 11.6 Å². The highest BCUT2D eigenvalue weighted by atomic mass is 16.5. The monoisotopic (exact) mass is 352 g/mol. The largest absolute Gasteiger partial charge is 0.355 e. The van der Waals surface area contributed by atoms with Gasteiger partial charge in [0.2, 0.25) is 5.91 Å². The molecule has 3 aromatic heterocycles. The third kappa shape index (κ3) is 3.22. The lowest BCUT2D eigenvalue weighted by molar-refractivity contribution is -0.125. The fraction of sp³-hybridized carbons (Fsp3) is 0.389. The number of hydrogen-bond acceptors (Lipinski definition) is 7. The number of nitrogens with one attached hydrogen (secondary N) is 1. The van der Waals surface area contributed by atoms with Gasteiger partial charge in [0.1, 0.15) is 17.5 Å². The summed E-state index contributed by atoms with van der Waals surface area (Å²) in [5.41, 5.74) is 2.24. The highest BCUT2D eigenvalue weighted by Gasteiger charge is 2.28. The molecule has 1 saturated heterocycles. The van der Waals surface area contributed by atoms with Gasteiger partial charge in [-0.3, -0.25) is 9.78 Å². The van der Waals surface area contributed by atoms with Crippen molar-refractivity contribution in [3.63, 3.8) is 0 Å². The summed E-state index contributed by atoms with van der Waals surface area (Å²) in [6.45, 7) is 3.84. The van der Waals surface area contributed by atoms with E-state index < -0.39 is 0 Å². The van der Waals surface area contributed by atoms with Gasteiger partial charge >= 0.3 is 0 Å². The van der Waals surface area contributed by atoms with Crippen LogP contribution in [0.5, 0.6) is 0 Å². The van der Waals surface area contributed by atoms with Gasteiger partial charge in [-0.1, -0.05) is 11.2 Å². The Morgan fingerprint density at radius 2 is 2.35 bits per heavy atom. The summed E-state index contributed by atoms with van der Waals surface area (Å²) in [5.74, 6) is 0.773. The minimum atomic E-state index is -0.0781. The van der Waals surface area contributed by atoms with Gasteiger partial charge in [-0.05, 0) is 31.4 Å². The first kappa shape index (κ1) is 16.4. The topological polar surface area (TPSA) is 97.0 Å². The predicted octanol–water partition coefficient (Wildman–Crippen LogP) is 1.85. The van der Waals surface area contributed by atoms with Gasteiger partial charge in [0.25, 0.3) is 5.71 Å². The number of carbonyl (C=O) groups is 1. The van der Waals surface area contributed by atoms with Crippen LogP contribution in [0.15, 0.2) is 35.4 Å². The molecule has 1 aliphatic heterocycles. The first-order valence-corrected chi connectivity index (χ1v) is 8.71. The number of pyridine rings is 1. The summed E-state index contributed by atoms with van der Waals surface area (Å²) in [6.07, 6.45) is 6.76. The van der Waals surface area contributed by atoms with Crippen molar-refractivity contribution in [2.75, 3.05) is 18.0 Å². The second kappa shape index (κ2) is 7.07. The molecular formula is C18H20N6O2. The van der Waals surface area contributed by atoms with Gasteiger partial charge < -0.3 is 14.7 Å². The number of piperidine rings is 1. The van der Waals surface area contributed by atoms with Gasteiger partial charge in [0.15, 0.2) is 0 Å². The quantitative estimate of drug-likeness (QED) is 0.765. The molecule has 1 fully saturated rings. The molecule has 1 amide bonds. The first-order chi connectivity index (χ1) is 12.7. The number of amides is 1. The average Bonchev–Trinajstić information content (AvgIpc) is 3.08. The van der Waals surface area contributed by atoms with E-state index >= 15 is 0 Å². The number of carbonyl (C=O) groups excluding carboxylic acids is 1. The van der Waals surface area contributed by atoms with E-state index in [1.807, 2.05) is 19.1 Å². The molecule has 8 nitrogen and oxygen atoms in total. The Bertz CT molecular complexity index is 910. The predicted molar refractivity (Wildman–Crippen MR) is 95.4 cm³/mol. The van der Waals surface area contributed by atoms with Gasteiger partial charge in [-0.2, -0.15) is 4.98 Å². The Balaban J connectivity index is 1.47. The standard InChI is InChI=1S/C18H20N6O2/c1-12-15-16(21-11-22-18(15)26-23-12)24-7-3-5-14(10-24)17(25)20-9-13-4-2-6-19-8-13/h2,4,6,8,11,14H,3,5,7,9-10H2,1H3,(H,20,25)/t14-/m0/s1. The number of anilines is 1. The summed E-state index contributed by atoms with van der Waals surface area (Å²) in [5, 5.41) is 7.82. The van der Waals surface area contributed by atoms with E-state index in [4.69, 9.17) is 4.52 Å². The fourth-order valence-corrected chi connectivity index (χ4v) is 3.36. The lowest BCUT2D eigenvalue weighted by atomic mass is 9.96. The maximum Gasteiger partial charge on any atom is 0.263 e. The van der Waals surface area contributed by atoms with Crippen molar-refractivity contribution in [2.45, 2.75) is 26.3 Å². The molecule has 0 spiro atoms. The summed E-state index contributed by atoms with van der Waals surface area (Å²) in [7, 11) is 0. The number of aryl methyl sites for hydroxylation is 1. The van der Waals surface area contributed by atoms with E-state index in [1.165, 1.54) is 6.33 Å². The number of rotatable bonds is 4. The molecule has 1 atom stereocenters. The van der Waals surface area contributed by atoms with Crippen LogP contribution in [-0.4, -0.2) is 39.1 Å². The molecule has 0 aliphatic carbocycles. The molecule has 0 unspecified atom stereocenters. The summed E-state index contributed by atoms with van der Waals surface area (Å²) in [4.78, 5) is 27.4. The Morgan fingerprint density at radius 1 is 1.42 bits per heavy atom. The molecule has 4 rings (SSSR count). The number of hydrogen-bond donors (Lipinski definition) is 1. The van der Waals surface area contributed by atoms with Crippen molar-refractivity contribution in [1.29, 1.82) is 0 Å². The molecule has 3 aromatic rings. The molecule has 134 valence electrons. The maximum atomic E-state index is 12.6. The molecule has 8 heteroatoms. The van der Waals surface area contributed by atoms with Crippen molar-refractivity contribution in [1.82, 2.24) is 25.4 Å². The zero-order valence-corrected chi connectivity index (χ0v) is 14.6. The molecular weight excluding hydrogens is 332 g/mol. The molecule has 0 bridgehead atoms. The second-order valence-corrected chi connectivity index (χ2v) is 6.51. The van der Waals surface area contributed by atoms with Crippen LogP contribution in [0.2, 0.25) is 0 Å². The van der Waals surface area contributed by atoms with Crippen molar-refractivity contribution >= 4 is 22.8 Å². The van der Waals surface area contributed by atoms with E-state index in [2.05, 4.69) is 30.3 Å². The Morgan fingerprint density at radius 3 is 3.19 bits per heavy atom. The van der Waals surface area contributed by atoms with Crippen LogP contribution >= 0.6 is 0 Å². The van der Waals surface area contributed by atoms with E-state index in [0.717, 1.165) is 41.8 Å². The number of fused-ring (bicyclic) bond motifs is 1. The minimum absolute atomic E-state index is 0.0610. The fourth-order valence-electron chi connectivity index (χ4n) is 3.36. The third-order valence-corrected chi connectivity index (χ3v) is 4.70. The highest BCUT2D eigenvalue weighted by molar-refractivity contribution is 5.88. The van der Waals surface area contributed by atoms with Crippen LogP contribution in [0.3, 0.4) is 0 Å². The molecule has 0 radical (unpaired) electrons. The first-order valence-electron chi connectivity index (χ1n) is 8.71. The SMILES string of the molecule is Cc1noc2ncnc(N3CCC[C@H](C(=O)NCc4cccnc4)C3)c12. The van der Waals surface area contributed by atoms with Crippen LogP contribution in [0.1, 0.15) is 24.1 Å². The van der Waals surface area contributed by atoms with E-state index in [-0.39, 0.29) is 11.8 Å². The highest BCUT2D eigenvalue weighted by Crippen LogP contribution is 2.29. The van der Waals surface area contributed by atoms with Gasteiger partial charge in [-0.25, -0.2) is 4.98 Å². The van der Waals surface area contributed by atoms with E-state index in [9.17, 15) is 4.79 Å². The summed E-state index contributed by atoms with van der Waals surface area (Å²) in [6, 6.07) is 3.82. The van der Waals surface area contributed by atoms with Crippen molar-refractivity contribution in [3.8, 4) is 0 Å². The molecule has 26 heavy (non-hydrogen) atoms. The number of nitrogens with zero attached hydrogens (tertiary/aromatic N) is 5. The average molecular weight is 352 g/mol. The van der Waals surface area contributed by atoms with Crippen LogP contribution in [0, 0.1) is 12.8 Å². The smallest absolute Gasteiger partial charge is 0.263 e. The summed E-state index contributed by atoms with van der Waals surface area (Å²) >= 11 is 0. The van der Waals surface area contributed by atoms with E-state index in [0.29, 0.717) is 18.8 Å². The molecule has 1 N–H and O–H groups in total. The van der Waals surface area contributed by atoms with Crippen molar-refractivity contribution in [2.24, 2.45) is 5.92 Å². The van der Waals surface area contributed by atoms with Gasteiger partial charge in [0, 0.05) is 32.0 Å². The zero-order chi connectivity index (χ0) is 17.9. The van der Waals surface area contributed by atoms with Crippen LogP contribution < -0.4 is 10.2 Å². The van der Waals surface area contributed by atoms with Gasteiger partial charge in [-0.15, -0.1) is 0 Å². The van der Waals surface area contributed by atoms with E-state index in [1.54, 1.807) is 12.4 Å². The normalized spacial score (nSPS) is 17.4.